The van der Waals surface area contributed by atoms with Gasteiger partial charge in [-0.2, -0.15) is 0 Å². The molecule has 1 amide bonds. The summed E-state index contributed by atoms with van der Waals surface area (Å²) in [6, 6.07) is 11.8. The number of hydrogen-bond acceptors (Lipinski definition) is 3. The van der Waals surface area contributed by atoms with Crippen LogP contribution in [-0.4, -0.2) is 26.6 Å². The molecule has 0 aliphatic rings. The van der Waals surface area contributed by atoms with Gasteiger partial charge in [-0.3, -0.25) is 9.10 Å². The van der Waals surface area contributed by atoms with Crippen molar-refractivity contribution in [1.29, 1.82) is 0 Å². The van der Waals surface area contributed by atoms with E-state index in [1.54, 1.807) is 31.2 Å². The highest BCUT2D eigenvalue weighted by molar-refractivity contribution is 14.1. The Bertz CT molecular complexity index is 880. The van der Waals surface area contributed by atoms with Gasteiger partial charge in [0, 0.05) is 9.26 Å². The molecule has 2 aromatic carbocycles. The fourth-order valence-corrected chi connectivity index (χ4v) is 3.98. The third-order valence-electron chi connectivity index (χ3n) is 3.95. The van der Waals surface area contributed by atoms with Crippen LogP contribution in [0.3, 0.4) is 0 Å². The molecular weight excluding hydrogens is 451 g/mol. The summed E-state index contributed by atoms with van der Waals surface area (Å²) in [6.07, 6.45) is 1.11. The van der Waals surface area contributed by atoms with Crippen molar-refractivity contribution in [1.82, 2.24) is 0 Å². The minimum Gasteiger partial charge on any atom is -0.324 e. The Morgan fingerprint density at radius 3 is 2.20 bits per heavy atom. The minimum atomic E-state index is -3.62. The van der Waals surface area contributed by atoms with Gasteiger partial charge < -0.3 is 5.32 Å². The highest BCUT2D eigenvalue weighted by atomic mass is 127. The van der Waals surface area contributed by atoms with Crippen molar-refractivity contribution in [2.45, 2.75) is 26.8 Å². The number of hydrogen-bond donors (Lipinski definition) is 1. The lowest BCUT2D eigenvalue weighted by Gasteiger charge is -2.28. The van der Waals surface area contributed by atoms with Crippen molar-refractivity contribution in [2.75, 3.05) is 15.9 Å². The van der Waals surface area contributed by atoms with E-state index in [2.05, 4.69) is 27.9 Å². The lowest BCUT2D eigenvalue weighted by molar-refractivity contribution is -0.116. The van der Waals surface area contributed by atoms with E-state index in [1.807, 2.05) is 32.0 Å². The summed E-state index contributed by atoms with van der Waals surface area (Å²) in [5.74, 6) is -0.384. The molecule has 2 rings (SSSR count). The van der Waals surface area contributed by atoms with Gasteiger partial charge in [0.15, 0.2) is 0 Å². The molecule has 25 heavy (non-hydrogen) atoms. The zero-order valence-corrected chi connectivity index (χ0v) is 17.6. The summed E-state index contributed by atoms with van der Waals surface area (Å²) >= 11 is 2.18. The molecule has 1 N–H and O–H groups in total. The first-order valence-electron chi connectivity index (χ1n) is 7.72. The van der Waals surface area contributed by atoms with E-state index in [1.165, 1.54) is 0 Å². The minimum absolute atomic E-state index is 0.384. The fourth-order valence-electron chi connectivity index (χ4n) is 2.45. The molecule has 5 nitrogen and oxygen atoms in total. The average Bonchev–Trinajstić information content (AvgIpc) is 2.51. The second-order valence-electron chi connectivity index (χ2n) is 6.00. The normalized spacial score (nSPS) is 12.5. The number of sulfonamides is 1. The molecule has 0 bridgehead atoms. The van der Waals surface area contributed by atoms with Crippen LogP contribution in [-0.2, 0) is 14.8 Å². The maximum absolute atomic E-state index is 12.6. The van der Waals surface area contributed by atoms with Crippen LogP contribution in [0.15, 0.2) is 42.5 Å². The molecule has 0 aliphatic heterocycles. The third-order valence-corrected chi connectivity index (χ3v) is 5.91. The Hall–Kier alpha value is -1.61. The number of nitrogens with zero attached hydrogens (tertiary/aromatic N) is 1. The number of nitrogens with one attached hydrogen (secondary N) is 1. The summed E-state index contributed by atoms with van der Waals surface area (Å²) in [7, 11) is -3.62. The number of carbonyl (C=O) groups excluding carboxylic acids is 1. The van der Waals surface area contributed by atoms with Gasteiger partial charge in [0.25, 0.3) is 0 Å². The predicted molar refractivity (Wildman–Crippen MR) is 110 cm³/mol. The summed E-state index contributed by atoms with van der Waals surface area (Å²) in [4.78, 5) is 12.6. The summed E-state index contributed by atoms with van der Waals surface area (Å²) in [5.41, 5.74) is 3.14. The Balaban J connectivity index is 2.32. The Morgan fingerprint density at radius 1 is 1.08 bits per heavy atom. The van der Waals surface area contributed by atoms with Gasteiger partial charge in [-0.15, -0.1) is 0 Å². The van der Waals surface area contributed by atoms with Crippen molar-refractivity contribution in [3.05, 3.63) is 57.2 Å². The molecule has 1 unspecified atom stereocenters. The molecule has 1 atom stereocenters. The summed E-state index contributed by atoms with van der Waals surface area (Å²) in [5, 5.41) is 2.77. The molecule has 0 fully saturated rings. The smallest absolute Gasteiger partial charge is 0.247 e. The molecule has 0 radical (unpaired) electrons. The van der Waals surface area contributed by atoms with E-state index in [-0.39, 0.29) is 5.91 Å². The van der Waals surface area contributed by atoms with Gasteiger partial charge in [-0.25, -0.2) is 8.42 Å². The van der Waals surface area contributed by atoms with Crippen LogP contribution in [0.5, 0.6) is 0 Å². The summed E-state index contributed by atoms with van der Waals surface area (Å²) in [6.45, 7) is 5.45. The molecule has 0 saturated heterocycles. The standard InChI is InChI=1S/C18H21IN2O3S/c1-12-5-10-17(11-13(12)2)21(25(4,23)24)14(3)18(22)20-16-8-6-15(19)7-9-16/h5-11,14H,1-4H3,(H,20,22). The number of aryl methyl sites for hydroxylation is 2. The van der Waals surface area contributed by atoms with Crippen LogP contribution >= 0.6 is 22.6 Å². The van der Waals surface area contributed by atoms with Crippen LogP contribution in [0.25, 0.3) is 0 Å². The number of halogens is 1. The number of carbonyl (C=O) groups is 1. The molecular formula is C18H21IN2O3S. The number of amides is 1. The Morgan fingerprint density at radius 2 is 1.68 bits per heavy atom. The van der Waals surface area contributed by atoms with Gasteiger partial charge in [0.05, 0.1) is 11.9 Å². The SMILES string of the molecule is Cc1ccc(N(C(C)C(=O)Nc2ccc(I)cc2)S(C)(=O)=O)cc1C. The summed E-state index contributed by atoms with van der Waals surface area (Å²) < 4.78 is 26.8. The molecule has 0 spiro atoms. The van der Waals surface area contributed by atoms with Crippen molar-refractivity contribution >= 4 is 49.9 Å². The van der Waals surface area contributed by atoms with Crippen molar-refractivity contribution in [3.63, 3.8) is 0 Å². The molecule has 0 aliphatic carbocycles. The van der Waals surface area contributed by atoms with Gasteiger partial charge in [-0.1, -0.05) is 6.07 Å². The Labute approximate surface area is 162 Å². The zero-order valence-electron chi connectivity index (χ0n) is 14.6. The van der Waals surface area contributed by atoms with Crippen molar-refractivity contribution in [3.8, 4) is 0 Å². The number of rotatable bonds is 5. The lowest BCUT2D eigenvalue weighted by atomic mass is 10.1. The maximum Gasteiger partial charge on any atom is 0.247 e. The van der Waals surface area contributed by atoms with Crippen LogP contribution < -0.4 is 9.62 Å². The van der Waals surface area contributed by atoms with E-state index in [4.69, 9.17) is 0 Å². The largest absolute Gasteiger partial charge is 0.324 e. The van der Waals surface area contributed by atoms with Crippen molar-refractivity contribution < 1.29 is 13.2 Å². The second kappa shape index (κ2) is 7.74. The highest BCUT2D eigenvalue weighted by Crippen LogP contribution is 2.24. The zero-order chi connectivity index (χ0) is 18.8. The van der Waals surface area contributed by atoms with E-state index in [9.17, 15) is 13.2 Å². The van der Waals surface area contributed by atoms with Crippen LogP contribution in [0.1, 0.15) is 18.1 Å². The molecule has 134 valence electrons. The molecule has 2 aromatic rings. The van der Waals surface area contributed by atoms with Crippen LogP contribution in [0.4, 0.5) is 11.4 Å². The fraction of sp³-hybridized carbons (Fsp3) is 0.278. The van der Waals surface area contributed by atoms with Crippen LogP contribution in [0, 0.1) is 17.4 Å². The second-order valence-corrected chi connectivity index (χ2v) is 9.10. The first-order chi connectivity index (χ1) is 11.6. The van der Waals surface area contributed by atoms with E-state index in [0.717, 1.165) is 25.3 Å². The van der Waals surface area contributed by atoms with Gasteiger partial charge in [0.2, 0.25) is 15.9 Å². The average molecular weight is 472 g/mol. The highest BCUT2D eigenvalue weighted by Gasteiger charge is 2.29. The third kappa shape index (κ3) is 4.94. The van der Waals surface area contributed by atoms with Gasteiger partial charge in [0.1, 0.15) is 6.04 Å². The number of anilines is 2. The van der Waals surface area contributed by atoms with Crippen LogP contribution in [0.2, 0.25) is 0 Å². The van der Waals surface area contributed by atoms with E-state index < -0.39 is 16.1 Å². The lowest BCUT2D eigenvalue weighted by Crippen LogP contribution is -2.45. The van der Waals surface area contributed by atoms with Crippen molar-refractivity contribution in [2.24, 2.45) is 0 Å². The molecule has 7 heteroatoms. The number of benzene rings is 2. The Kier molecular flexibility index (Phi) is 6.10. The first kappa shape index (κ1) is 19.7. The van der Waals surface area contributed by atoms with Gasteiger partial charge >= 0.3 is 0 Å². The molecule has 0 aromatic heterocycles. The maximum atomic E-state index is 12.6. The van der Waals surface area contributed by atoms with E-state index >= 15 is 0 Å². The molecule has 0 saturated carbocycles. The molecule has 0 heterocycles. The van der Waals surface area contributed by atoms with E-state index in [0.29, 0.717) is 11.4 Å². The topological polar surface area (TPSA) is 66.5 Å². The first-order valence-corrected chi connectivity index (χ1v) is 10.7. The predicted octanol–water partition coefficient (Wildman–Crippen LogP) is 3.70. The van der Waals surface area contributed by atoms with Gasteiger partial charge in [-0.05, 0) is 90.9 Å². The monoisotopic (exact) mass is 472 g/mol. The quantitative estimate of drug-likeness (QED) is 0.676.